The van der Waals surface area contributed by atoms with Gasteiger partial charge in [0.25, 0.3) is 0 Å². The summed E-state index contributed by atoms with van der Waals surface area (Å²) in [5.74, 6) is -3.36. The standard InChI is InChI=1S/C20H23ClN4O5/c1-30-8-2-7-25-17(27)15-13(5-6-14(22)26)24-20(16(15)18(25)28)11-9-10(21)3-4-12(11)23-19(20)29/h3-4,9,13,15-16,24H,2,5-8H2,1H3,(H2,22,26)(H,23,29)/t13-,15+,16+,20+/m0/s1. The molecule has 160 valence electrons. The fourth-order valence-electron chi connectivity index (χ4n) is 4.97. The molecule has 0 aliphatic carbocycles. The van der Waals surface area contributed by atoms with Gasteiger partial charge in [0.2, 0.25) is 23.6 Å². The van der Waals surface area contributed by atoms with Crippen molar-refractivity contribution in [1.29, 1.82) is 0 Å². The van der Waals surface area contributed by atoms with E-state index in [2.05, 4.69) is 10.6 Å². The van der Waals surface area contributed by atoms with E-state index in [0.29, 0.717) is 29.3 Å². The van der Waals surface area contributed by atoms with Crippen LogP contribution in [0.15, 0.2) is 18.2 Å². The molecule has 1 spiro atoms. The molecule has 0 saturated carbocycles. The maximum atomic E-state index is 13.4. The Morgan fingerprint density at radius 3 is 2.77 bits per heavy atom. The van der Waals surface area contributed by atoms with Crippen LogP contribution < -0.4 is 16.4 Å². The molecule has 4 atom stereocenters. The zero-order chi connectivity index (χ0) is 21.6. The first-order valence-corrected chi connectivity index (χ1v) is 10.2. The van der Waals surface area contributed by atoms with Crippen molar-refractivity contribution in [2.45, 2.75) is 30.8 Å². The third kappa shape index (κ3) is 3.00. The second-order valence-electron chi connectivity index (χ2n) is 7.89. The fourth-order valence-corrected chi connectivity index (χ4v) is 5.14. The van der Waals surface area contributed by atoms with Gasteiger partial charge in [0, 0.05) is 49.0 Å². The number of carbonyl (C=O) groups excluding carboxylic acids is 4. The average molecular weight is 435 g/mol. The normalized spacial score (nSPS) is 29.5. The van der Waals surface area contributed by atoms with Crippen LogP contribution in [0.25, 0.3) is 0 Å². The molecule has 0 unspecified atom stereocenters. The van der Waals surface area contributed by atoms with Gasteiger partial charge in [-0.2, -0.15) is 0 Å². The molecular formula is C20H23ClN4O5. The van der Waals surface area contributed by atoms with Crippen LogP contribution >= 0.6 is 11.6 Å². The second kappa shape index (κ2) is 7.64. The van der Waals surface area contributed by atoms with Gasteiger partial charge in [-0.3, -0.25) is 29.4 Å². The zero-order valence-corrected chi connectivity index (χ0v) is 17.2. The molecule has 4 N–H and O–H groups in total. The molecule has 0 radical (unpaired) electrons. The number of amides is 4. The van der Waals surface area contributed by atoms with E-state index in [0.717, 1.165) is 0 Å². The largest absolute Gasteiger partial charge is 0.385 e. The van der Waals surface area contributed by atoms with Crippen molar-refractivity contribution < 1.29 is 23.9 Å². The number of rotatable bonds is 7. The number of likely N-dealkylation sites (tertiary alicyclic amines) is 1. The number of halogens is 1. The van der Waals surface area contributed by atoms with Gasteiger partial charge in [-0.15, -0.1) is 0 Å². The lowest BCUT2D eigenvalue weighted by Crippen LogP contribution is -2.53. The molecular weight excluding hydrogens is 412 g/mol. The number of hydrogen-bond acceptors (Lipinski definition) is 6. The van der Waals surface area contributed by atoms with E-state index in [4.69, 9.17) is 22.1 Å². The molecule has 30 heavy (non-hydrogen) atoms. The molecule has 2 saturated heterocycles. The number of primary amides is 1. The Labute approximate surface area is 178 Å². The summed E-state index contributed by atoms with van der Waals surface area (Å²) in [7, 11) is 1.55. The van der Waals surface area contributed by atoms with E-state index < -0.39 is 41.1 Å². The number of fused-ring (bicyclic) bond motifs is 4. The minimum atomic E-state index is -1.42. The summed E-state index contributed by atoms with van der Waals surface area (Å²) in [5, 5.41) is 6.45. The molecule has 4 amide bonds. The Morgan fingerprint density at radius 2 is 2.07 bits per heavy atom. The molecule has 0 aromatic heterocycles. The lowest BCUT2D eigenvalue weighted by atomic mass is 9.76. The van der Waals surface area contributed by atoms with Gasteiger partial charge in [0.15, 0.2) is 0 Å². The molecule has 10 heteroatoms. The molecule has 1 aromatic rings. The predicted molar refractivity (Wildman–Crippen MR) is 107 cm³/mol. The van der Waals surface area contributed by atoms with Crippen molar-refractivity contribution in [3.63, 3.8) is 0 Å². The molecule has 3 heterocycles. The number of nitrogens with zero attached hydrogens (tertiary/aromatic N) is 1. The van der Waals surface area contributed by atoms with Gasteiger partial charge in [-0.05, 0) is 31.0 Å². The highest BCUT2D eigenvalue weighted by molar-refractivity contribution is 6.31. The van der Waals surface area contributed by atoms with E-state index >= 15 is 0 Å². The first-order valence-electron chi connectivity index (χ1n) is 9.83. The summed E-state index contributed by atoms with van der Waals surface area (Å²) in [6.07, 6.45) is 0.771. The van der Waals surface area contributed by atoms with Gasteiger partial charge in [-0.1, -0.05) is 11.6 Å². The van der Waals surface area contributed by atoms with E-state index in [1.807, 2.05) is 0 Å². The molecule has 3 aliphatic rings. The second-order valence-corrected chi connectivity index (χ2v) is 8.32. The van der Waals surface area contributed by atoms with Crippen LogP contribution in [-0.4, -0.2) is 54.8 Å². The Hall–Kier alpha value is -2.49. The molecule has 2 fully saturated rings. The maximum absolute atomic E-state index is 13.4. The number of ether oxygens (including phenoxy) is 1. The van der Waals surface area contributed by atoms with E-state index in [9.17, 15) is 19.2 Å². The van der Waals surface area contributed by atoms with Crippen LogP contribution in [0.5, 0.6) is 0 Å². The third-order valence-electron chi connectivity index (χ3n) is 6.20. The number of anilines is 1. The van der Waals surface area contributed by atoms with Gasteiger partial charge in [-0.25, -0.2) is 0 Å². The number of imide groups is 1. The van der Waals surface area contributed by atoms with Crippen LogP contribution in [0.4, 0.5) is 5.69 Å². The Morgan fingerprint density at radius 1 is 1.30 bits per heavy atom. The van der Waals surface area contributed by atoms with Crippen molar-refractivity contribution in [3.8, 4) is 0 Å². The number of hydrogen-bond donors (Lipinski definition) is 3. The fraction of sp³-hybridized carbons (Fsp3) is 0.500. The third-order valence-corrected chi connectivity index (χ3v) is 6.44. The minimum absolute atomic E-state index is 0.0339. The molecule has 4 rings (SSSR count). The van der Waals surface area contributed by atoms with Crippen LogP contribution in [0.3, 0.4) is 0 Å². The highest BCUT2D eigenvalue weighted by Crippen LogP contribution is 2.53. The lowest BCUT2D eigenvalue weighted by molar-refractivity contribution is -0.143. The van der Waals surface area contributed by atoms with Crippen LogP contribution in [0, 0.1) is 11.8 Å². The minimum Gasteiger partial charge on any atom is -0.385 e. The van der Waals surface area contributed by atoms with Crippen molar-refractivity contribution in [2.24, 2.45) is 17.6 Å². The Balaban J connectivity index is 1.77. The first kappa shape index (κ1) is 20.8. The predicted octanol–water partition coefficient (Wildman–Crippen LogP) is 0.362. The van der Waals surface area contributed by atoms with Crippen LogP contribution in [0.1, 0.15) is 24.8 Å². The number of nitrogens with one attached hydrogen (secondary N) is 2. The van der Waals surface area contributed by atoms with Crippen molar-refractivity contribution >= 4 is 40.9 Å². The zero-order valence-electron chi connectivity index (χ0n) is 16.4. The smallest absolute Gasteiger partial charge is 0.250 e. The van der Waals surface area contributed by atoms with Gasteiger partial charge < -0.3 is 15.8 Å². The number of nitrogens with two attached hydrogens (primary N) is 1. The highest BCUT2D eigenvalue weighted by atomic mass is 35.5. The van der Waals surface area contributed by atoms with Gasteiger partial charge in [0.05, 0.1) is 11.8 Å². The van der Waals surface area contributed by atoms with Crippen molar-refractivity contribution in [2.75, 3.05) is 25.6 Å². The van der Waals surface area contributed by atoms with E-state index in [1.54, 1.807) is 25.3 Å². The topological polar surface area (TPSA) is 131 Å². The molecule has 0 bridgehead atoms. The average Bonchev–Trinajstić information content (AvgIpc) is 3.27. The molecule has 3 aliphatic heterocycles. The summed E-state index contributed by atoms with van der Waals surface area (Å²) >= 11 is 6.19. The summed E-state index contributed by atoms with van der Waals surface area (Å²) < 4.78 is 5.03. The van der Waals surface area contributed by atoms with Gasteiger partial charge >= 0.3 is 0 Å². The summed E-state index contributed by atoms with van der Waals surface area (Å²) in [6.45, 7) is 0.612. The summed E-state index contributed by atoms with van der Waals surface area (Å²) in [4.78, 5) is 52.4. The highest BCUT2D eigenvalue weighted by Gasteiger charge is 2.70. The van der Waals surface area contributed by atoms with Crippen LogP contribution in [-0.2, 0) is 29.5 Å². The Kier molecular flexibility index (Phi) is 5.29. The number of benzene rings is 1. The Bertz CT molecular complexity index is 938. The van der Waals surface area contributed by atoms with Crippen molar-refractivity contribution in [3.05, 3.63) is 28.8 Å². The lowest BCUT2D eigenvalue weighted by Gasteiger charge is -2.29. The SMILES string of the molecule is COCCCN1C(=O)[C@@H]2[C@H](CCC(N)=O)N[C@@]3(C(=O)Nc4ccc(Cl)cc43)[C@H]2C1=O. The summed E-state index contributed by atoms with van der Waals surface area (Å²) in [5.41, 5.74) is 4.97. The van der Waals surface area contributed by atoms with Crippen molar-refractivity contribution in [1.82, 2.24) is 10.2 Å². The quantitative estimate of drug-likeness (QED) is 0.419. The van der Waals surface area contributed by atoms with E-state index in [-0.39, 0.29) is 25.3 Å². The molecule has 9 nitrogen and oxygen atoms in total. The first-order chi connectivity index (χ1) is 14.3. The molecule has 1 aromatic carbocycles. The monoisotopic (exact) mass is 434 g/mol. The number of methoxy groups -OCH3 is 1. The van der Waals surface area contributed by atoms with E-state index in [1.165, 1.54) is 4.90 Å². The summed E-state index contributed by atoms with van der Waals surface area (Å²) in [6, 6.07) is 4.41. The van der Waals surface area contributed by atoms with Gasteiger partial charge in [0.1, 0.15) is 5.54 Å². The van der Waals surface area contributed by atoms with Crippen LogP contribution in [0.2, 0.25) is 5.02 Å². The maximum Gasteiger partial charge on any atom is 0.250 e. The number of carbonyl (C=O) groups is 4.